The number of methoxy groups -OCH3 is 1. The van der Waals surface area contributed by atoms with Crippen molar-refractivity contribution in [1.82, 2.24) is 9.88 Å². The minimum absolute atomic E-state index is 0.0759. The molecule has 4 aliphatic rings. The minimum Gasteiger partial charge on any atom is -0.493 e. The van der Waals surface area contributed by atoms with Gasteiger partial charge in [-0.15, -0.1) is 0 Å². The number of anilines is 1. The second kappa shape index (κ2) is 16.1. The lowest BCUT2D eigenvalue weighted by Crippen LogP contribution is -2.53. The summed E-state index contributed by atoms with van der Waals surface area (Å²) in [5, 5.41) is 14.7. The highest BCUT2D eigenvalue weighted by molar-refractivity contribution is 6.30. The predicted molar refractivity (Wildman–Crippen MR) is 208 cm³/mol. The van der Waals surface area contributed by atoms with Crippen LogP contribution in [0.25, 0.3) is 0 Å². The summed E-state index contributed by atoms with van der Waals surface area (Å²) in [5.74, 6) is 2.84. The number of aromatic nitrogens is 1. The van der Waals surface area contributed by atoms with E-state index in [4.69, 9.17) is 30.5 Å². The molecule has 3 aliphatic carbocycles. The largest absolute Gasteiger partial charge is 0.493 e. The number of hydrogen-bond acceptors (Lipinski definition) is 8. The first-order chi connectivity index (χ1) is 25.6. The summed E-state index contributed by atoms with van der Waals surface area (Å²) >= 11 is 6.31. The van der Waals surface area contributed by atoms with Crippen molar-refractivity contribution >= 4 is 23.3 Å². The molecule has 0 bridgehead atoms. The summed E-state index contributed by atoms with van der Waals surface area (Å²) in [6.07, 6.45) is 10.5. The Labute approximate surface area is 319 Å². The Balaban J connectivity index is 1.13. The SMILES string of the molecule is COCCCN(C)CC1COc2cc3c(cc2O1)C1(CCC(Nc2cccc(Cl)c2)(C(=O)O)CC1)C(C[C@@H](C)COc1ccnc2c1[C@H](C)CCC2)C3. The van der Waals surface area contributed by atoms with Crippen LogP contribution in [0.2, 0.25) is 5.02 Å². The van der Waals surface area contributed by atoms with Crippen molar-refractivity contribution in [3.63, 3.8) is 0 Å². The van der Waals surface area contributed by atoms with E-state index in [1.165, 1.54) is 35.2 Å². The van der Waals surface area contributed by atoms with Crippen LogP contribution in [0.4, 0.5) is 5.69 Å². The lowest BCUT2D eigenvalue weighted by atomic mass is 9.59. The van der Waals surface area contributed by atoms with Crippen LogP contribution in [0, 0.1) is 11.8 Å². The Morgan fingerprint density at radius 1 is 1.17 bits per heavy atom. The van der Waals surface area contributed by atoms with Crippen LogP contribution in [-0.4, -0.2) is 79.7 Å². The Morgan fingerprint density at radius 2 is 2.00 bits per heavy atom. The quantitative estimate of drug-likeness (QED) is 0.158. The van der Waals surface area contributed by atoms with Crippen LogP contribution in [0.15, 0.2) is 48.7 Å². The third-order valence-corrected chi connectivity index (χ3v) is 12.7. The molecule has 286 valence electrons. The maximum Gasteiger partial charge on any atom is 0.329 e. The van der Waals surface area contributed by atoms with Gasteiger partial charge in [0.1, 0.15) is 24.0 Å². The Kier molecular flexibility index (Phi) is 11.4. The number of aliphatic carboxylic acids is 1. The first kappa shape index (κ1) is 37.8. The highest BCUT2D eigenvalue weighted by Gasteiger charge is 2.54. The van der Waals surface area contributed by atoms with Gasteiger partial charge in [0.15, 0.2) is 11.5 Å². The summed E-state index contributed by atoms with van der Waals surface area (Å²) in [7, 11) is 3.84. The second-order valence-electron chi connectivity index (χ2n) is 16.3. The predicted octanol–water partition coefficient (Wildman–Crippen LogP) is 8.31. The van der Waals surface area contributed by atoms with E-state index in [0.29, 0.717) is 48.8 Å². The number of aryl methyl sites for hydroxylation is 1. The van der Waals surface area contributed by atoms with E-state index in [-0.39, 0.29) is 11.5 Å². The number of carboxylic acids is 1. The van der Waals surface area contributed by atoms with Crippen molar-refractivity contribution in [3.8, 4) is 17.2 Å². The van der Waals surface area contributed by atoms with Crippen molar-refractivity contribution in [1.29, 1.82) is 0 Å². The number of carboxylic acid groups (broad SMARTS) is 1. The number of pyridine rings is 1. The average Bonchev–Trinajstić information content (AvgIpc) is 3.41. The molecule has 10 heteroatoms. The topological polar surface area (TPSA) is 102 Å². The van der Waals surface area contributed by atoms with E-state index in [9.17, 15) is 9.90 Å². The number of ether oxygens (including phenoxy) is 4. The van der Waals surface area contributed by atoms with Gasteiger partial charge in [0.25, 0.3) is 0 Å². The molecule has 1 aromatic heterocycles. The standard InChI is InChI=1S/C43H56ClN3O6/c1-28(26-51-37-12-17-45-36-11-5-8-29(2)40(36)37)20-31-21-30-22-38-39(53-34(27-52-38)25-47(3)18-7-19-50-4)24-35(30)42(31)13-15-43(16-14-42,41(48)49)46-33-10-6-9-32(44)23-33/h6,9-10,12,17,22-24,28-29,31,34,46H,5,7-8,11,13-16,18-21,25-27H2,1-4H3,(H,48,49)/t28-,29-,31?,34?,42?,43?/m1/s1. The van der Waals surface area contributed by atoms with E-state index in [1.807, 2.05) is 30.5 Å². The lowest BCUT2D eigenvalue weighted by molar-refractivity contribution is -0.144. The van der Waals surface area contributed by atoms with Gasteiger partial charge in [-0.2, -0.15) is 0 Å². The summed E-state index contributed by atoms with van der Waals surface area (Å²) in [5.41, 5.74) is 4.52. The van der Waals surface area contributed by atoms with Crippen LogP contribution >= 0.6 is 11.6 Å². The third kappa shape index (κ3) is 7.99. The van der Waals surface area contributed by atoms with Gasteiger partial charge in [0.05, 0.1) is 6.61 Å². The van der Waals surface area contributed by atoms with E-state index >= 15 is 0 Å². The zero-order chi connectivity index (χ0) is 37.2. The van der Waals surface area contributed by atoms with Crippen LogP contribution < -0.4 is 19.5 Å². The Bertz CT molecular complexity index is 1760. The van der Waals surface area contributed by atoms with Crippen LogP contribution in [0.1, 0.15) is 93.5 Å². The number of carbonyl (C=O) groups is 1. The third-order valence-electron chi connectivity index (χ3n) is 12.5. The number of likely N-dealkylation sites (N-methyl/N-ethyl adjacent to an activating group) is 1. The van der Waals surface area contributed by atoms with Crippen molar-refractivity contribution in [2.75, 3.05) is 52.4 Å². The second-order valence-corrected chi connectivity index (χ2v) is 16.7. The molecule has 53 heavy (non-hydrogen) atoms. The molecule has 4 atom stereocenters. The fraction of sp³-hybridized carbons (Fsp3) is 0.581. The number of nitrogens with one attached hydrogen (secondary N) is 1. The Morgan fingerprint density at radius 3 is 2.77 bits per heavy atom. The number of benzene rings is 2. The van der Waals surface area contributed by atoms with Crippen molar-refractivity contribution in [3.05, 3.63) is 76.1 Å². The molecule has 1 saturated carbocycles. The van der Waals surface area contributed by atoms with Gasteiger partial charge in [0.2, 0.25) is 0 Å². The molecule has 2 heterocycles. The fourth-order valence-corrected chi connectivity index (χ4v) is 9.91. The van der Waals surface area contributed by atoms with Crippen molar-refractivity contribution in [2.24, 2.45) is 11.8 Å². The van der Waals surface area contributed by atoms with Gasteiger partial charge in [-0.05, 0) is 142 Å². The number of nitrogens with zero attached hydrogens (tertiary/aromatic N) is 2. The van der Waals surface area contributed by atoms with E-state index in [2.05, 4.69) is 48.2 Å². The molecule has 2 unspecified atom stereocenters. The summed E-state index contributed by atoms with van der Waals surface area (Å²) in [6, 6.07) is 13.9. The molecule has 9 nitrogen and oxygen atoms in total. The molecule has 1 spiro atoms. The first-order valence-electron chi connectivity index (χ1n) is 19.6. The van der Waals surface area contributed by atoms with Crippen molar-refractivity contribution < 1.29 is 28.8 Å². The molecule has 7 rings (SSSR count). The summed E-state index contributed by atoms with van der Waals surface area (Å²) < 4.78 is 24.9. The molecule has 2 N–H and O–H groups in total. The molecule has 1 aliphatic heterocycles. The summed E-state index contributed by atoms with van der Waals surface area (Å²) in [6.45, 7) is 8.14. The molecule has 3 aromatic rings. The summed E-state index contributed by atoms with van der Waals surface area (Å²) in [4.78, 5) is 20.0. The van der Waals surface area contributed by atoms with Gasteiger partial charge in [0, 0.05) is 55.0 Å². The van der Waals surface area contributed by atoms with Crippen LogP contribution in [0.5, 0.6) is 17.2 Å². The van der Waals surface area contributed by atoms with Gasteiger partial charge >= 0.3 is 5.97 Å². The van der Waals surface area contributed by atoms with Gasteiger partial charge in [-0.1, -0.05) is 31.5 Å². The fourth-order valence-electron chi connectivity index (χ4n) is 9.72. The number of rotatable bonds is 14. The molecule has 0 radical (unpaired) electrons. The number of hydrogen-bond donors (Lipinski definition) is 2. The maximum atomic E-state index is 13.1. The van der Waals surface area contributed by atoms with Gasteiger partial charge in [-0.25, -0.2) is 4.79 Å². The highest BCUT2D eigenvalue weighted by atomic mass is 35.5. The molecular weight excluding hydrogens is 690 g/mol. The highest BCUT2D eigenvalue weighted by Crippen LogP contribution is 2.58. The van der Waals surface area contributed by atoms with E-state index in [0.717, 1.165) is 81.2 Å². The molecule has 0 saturated heterocycles. The molecular formula is C43H56ClN3O6. The smallest absolute Gasteiger partial charge is 0.329 e. The van der Waals surface area contributed by atoms with Gasteiger partial charge in [-0.3, -0.25) is 4.98 Å². The number of fused-ring (bicyclic) bond motifs is 4. The van der Waals surface area contributed by atoms with E-state index < -0.39 is 11.5 Å². The lowest BCUT2D eigenvalue weighted by Gasteiger charge is -2.47. The first-order valence-corrected chi connectivity index (χ1v) is 20.0. The molecule has 2 aromatic carbocycles. The normalized spacial score (nSPS) is 26.6. The maximum absolute atomic E-state index is 13.1. The van der Waals surface area contributed by atoms with E-state index in [1.54, 1.807) is 13.2 Å². The van der Waals surface area contributed by atoms with Crippen molar-refractivity contribution in [2.45, 2.75) is 101 Å². The zero-order valence-electron chi connectivity index (χ0n) is 31.8. The van der Waals surface area contributed by atoms with Crippen LogP contribution in [0.3, 0.4) is 0 Å². The van der Waals surface area contributed by atoms with Crippen LogP contribution in [-0.2, 0) is 27.8 Å². The molecule has 0 amide bonds. The molecule has 1 fully saturated rings. The monoisotopic (exact) mass is 745 g/mol. The minimum atomic E-state index is -1.08. The average molecular weight is 746 g/mol. The zero-order valence-corrected chi connectivity index (χ0v) is 32.6. The van der Waals surface area contributed by atoms with Gasteiger partial charge < -0.3 is 34.3 Å². The Hall–Kier alpha value is -3.53. The number of halogens is 1.